The second-order valence-corrected chi connectivity index (χ2v) is 13.3. The van der Waals surface area contributed by atoms with Crippen molar-refractivity contribution in [3.8, 4) is 33.6 Å². The first kappa shape index (κ1) is 28.6. The number of aromatic nitrogens is 2. The molecule has 1 atom stereocenters. The summed E-state index contributed by atoms with van der Waals surface area (Å²) in [5.74, 6) is 0.304. The second kappa shape index (κ2) is 11.6. The molecule has 7 aromatic carbocycles. The lowest BCUT2D eigenvalue weighted by Crippen LogP contribution is -2.31. The van der Waals surface area contributed by atoms with E-state index in [1.807, 2.05) is 0 Å². The van der Waals surface area contributed by atoms with Crippen LogP contribution in [0.1, 0.15) is 17.9 Å². The smallest absolute Gasteiger partial charge is 0.0541 e. The first-order valence-corrected chi connectivity index (χ1v) is 17.5. The predicted octanol–water partition coefficient (Wildman–Crippen LogP) is 10.8. The van der Waals surface area contributed by atoms with Crippen LogP contribution in [0.4, 0.5) is 0 Å². The Balaban J connectivity index is 1.05. The number of hydrogen-bond acceptors (Lipinski definition) is 0. The molecular formula is C48H34N2. The molecule has 0 saturated heterocycles. The van der Waals surface area contributed by atoms with Crippen molar-refractivity contribution in [2.24, 2.45) is 0 Å². The van der Waals surface area contributed by atoms with Crippen LogP contribution < -0.4 is 10.6 Å². The topological polar surface area (TPSA) is 9.86 Å². The minimum atomic E-state index is 0.304. The molecule has 0 radical (unpaired) electrons. The lowest BCUT2D eigenvalue weighted by atomic mass is 9.90. The first-order chi connectivity index (χ1) is 24.8. The van der Waals surface area contributed by atoms with Gasteiger partial charge in [0.25, 0.3) is 0 Å². The summed E-state index contributed by atoms with van der Waals surface area (Å²) in [5, 5.41) is 6.46. The van der Waals surface area contributed by atoms with Crippen molar-refractivity contribution in [2.45, 2.75) is 12.3 Å². The van der Waals surface area contributed by atoms with E-state index in [1.165, 1.54) is 82.5 Å². The molecule has 2 nitrogen and oxygen atoms in total. The molecule has 1 aliphatic rings. The molecule has 0 fully saturated rings. The van der Waals surface area contributed by atoms with Crippen molar-refractivity contribution in [3.05, 3.63) is 192 Å². The number of hydrogen-bond donors (Lipinski definition) is 0. The fraction of sp³-hybridized carbons (Fsp3) is 0.0417. The van der Waals surface area contributed by atoms with Crippen molar-refractivity contribution in [1.82, 2.24) is 9.13 Å². The van der Waals surface area contributed by atoms with Crippen LogP contribution in [0, 0.1) is 0 Å². The van der Waals surface area contributed by atoms with Gasteiger partial charge in [-0.05, 0) is 88.8 Å². The van der Waals surface area contributed by atoms with Crippen molar-refractivity contribution >= 4 is 44.9 Å². The van der Waals surface area contributed by atoms with Crippen LogP contribution in [0.3, 0.4) is 0 Å². The van der Waals surface area contributed by atoms with Gasteiger partial charge in [0, 0.05) is 44.0 Å². The minimum Gasteiger partial charge on any atom is -0.310 e. The van der Waals surface area contributed by atoms with E-state index in [0.717, 1.165) is 6.42 Å². The summed E-state index contributed by atoms with van der Waals surface area (Å²) in [7, 11) is 0. The van der Waals surface area contributed by atoms with Crippen molar-refractivity contribution in [1.29, 1.82) is 0 Å². The number of fused-ring (bicyclic) bond motifs is 6. The fourth-order valence-electron chi connectivity index (χ4n) is 8.05. The molecular weight excluding hydrogens is 605 g/mol. The van der Waals surface area contributed by atoms with Crippen molar-refractivity contribution in [2.75, 3.05) is 0 Å². The molecule has 2 heterocycles. The third-order valence-corrected chi connectivity index (χ3v) is 10.5. The molecule has 1 unspecified atom stereocenters. The Bertz CT molecular complexity index is 2810. The Labute approximate surface area is 291 Å². The van der Waals surface area contributed by atoms with Gasteiger partial charge < -0.3 is 9.13 Å². The van der Waals surface area contributed by atoms with Crippen LogP contribution >= 0.6 is 0 Å². The van der Waals surface area contributed by atoms with E-state index in [-0.39, 0.29) is 0 Å². The number of benzene rings is 7. The van der Waals surface area contributed by atoms with Crippen LogP contribution in [0.25, 0.3) is 78.5 Å². The van der Waals surface area contributed by atoms with E-state index in [0.29, 0.717) is 5.92 Å². The largest absolute Gasteiger partial charge is 0.310 e. The average Bonchev–Trinajstić information content (AvgIpc) is 3.71. The lowest BCUT2D eigenvalue weighted by molar-refractivity contribution is 0.907. The zero-order valence-corrected chi connectivity index (χ0v) is 27.6. The average molecular weight is 639 g/mol. The third kappa shape index (κ3) is 4.64. The summed E-state index contributed by atoms with van der Waals surface area (Å²) in [6.45, 7) is 0. The summed E-state index contributed by atoms with van der Waals surface area (Å²) in [4.78, 5) is 0. The highest BCUT2D eigenvalue weighted by Crippen LogP contribution is 2.36. The number of para-hydroxylation sites is 3. The van der Waals surface area contributed by atoms with E-state index in [9.17, 15) is 0 Å². The molecule has 0 spiro atoms. The molecule has 0 saturated carbocycles. The van der Waals surface area contributed by atoms with Gasteiger partial charge in [-0.15, -0.1) is 0 Å². The summed E-state index contributed by atoms with van der Waals surface area (Å²) >= 11 is 0. The summed E-state index contributed by atoms with van der Waals surface area (Å²) in [6, 6.07) is 64.0. The summed E-state index contributed by atoms with van der Waals surface area (Å²) in [5.41, 5.74) is 12.4. The Morgan fingerprint density at radius 2 is 0.920 bits per heavy atom. The van der Waals surface area contributed by atoms with Gasteiger partial charge in [0.2, 0.25) is 0 Å². The molecule has 2 aromatic heterocycles. The monoisotopic (exact) mass is 638 g/mol. The quantitative estimate of drug-likeness (QED) is 0.178. The molecule has 0 aliphatic heterocycles. The highest BCUT2D eigenvalue weighted by Gasteiger charge is 2.18. The van der Waals surface area contributed by atoms with Gasteiger partial charge in [-0.3, -0.25) is 0 Å². The van der Waals surface area contributed by atoms with Crippen LogP contribution in [0.2, 0.25) is 0 Å². The normalized spacial score (nSPS) is 14.0. The maximum Gasteiger partial charge on any atom is 0.0541 e. The third-order valence-electron chi connectivity index (χ3n) is 10.5. The van der Waals surface area contributed by atoms with E-state index in [1.54, 1.807) is 0 Å². The molecule has 50 heavy (non-hydrogen) atoms. The standard InChI is InChI=1S/C48H34N2/c1-4-12-33(13-5-1)36-24-28-47-43(31-36)44-32-38(26-29-48(44)50(47)40-16-8-3-9-17-40)35-22-20-34(21-23-35)37-25-27-46-42(30-37)41-18-10-11-19-45(41)49(46)39-14-6-2-7-15-39/h1-25,27-32,38H,26H2. The van der Waals surface area contributed by atoms with E-state index in [4.69, 9.17) is 0 Å². The molecule has 0 N–H and O–H groups in total. The van der Waals surface area contributed by atoms with Crippen molar-refractivity contribution in [3.63, 3.8) is 0 Å². The van der Waals surface area contributed by atoms with E-state index < -0.39 is 0 Å². The second-order valence-electron chi connectivity index (χ2n) is 13.3. The van der Waals surface area contributed by atoms with Gasteiger partial charge in [-0.1, -0.05) is 133 Å². The van der Waals surface area contributed by atoms with Gasteiger partial charge in [-0.25, -0.2) is 0 Å². The SMILES string of the molecule is C1=c2c(n(-c3ccccc3)c3ccc(-c4ccccc4)cc23)=CCC1c1ccc(-c2ccc3c(c2)c2ccccc2n3-c2ccccc2)cc1. The van der Waals surface area contributed by atoms with Crippen LogP contribution in [-0.2, 0) is 0 Å². The van der Waals surface area contributed by atoms with Crippen LogP contribution in [-0.4, -0.2) is 9.13 Å². The zero-order chi connectivity index (χ0) is 33.0. The Hall–Kier alpha value is -6.38. The Kier molecular flexibility index (Phi) is 6.67. The maximum absolute atomic E-state index is 2.51. The minimum absolute atomic E-state index is 0.304. The van der Waals surface area contributed by atoms with E-state index >= 15 is 0 Å². The fourth-order valence-corrected chi connectivity index (χ4v) is 8.05. The summed E-state index contributed by atoms with van der Waals surface area (Å²) in [6.07, 6.45) is 5.91. The van der Waals surface area contributed by atoms with Crippen LogP contribution in [0.15, 0.2) is 176 Å². The predicted molar refractivity (Wildman–Crippen MR) is 210 cm³/mol. The molecule has 9 aromatic rings. The van der Waals surface area contributed by atoms with Gasteiger partial charge in [0.1, 0.15) is 0 Å². The maximum atomic E-state index is 2.51. The van der Waals surface area contributed by atoms with Crippen LogP contribution in [0.5, 0.6) is 0 Å². The highest BCUT2D eigenvalue weighted by atomic mass is 15.0. The molecule has 0 bridgehead atoms. The molecule has 236 valence electrons. The van der Waals surface area contributed by atoms with Gasteiger partial charge in [0.05, 0.1) is 16.6 Å². The highest BCUT2D eigenvalue weighted by molar-refractivity contribution is 6.10. The lowest BCUT2D eigenvalue weighted by Gasteiger charge is -2.15. The van der Waals surface area contributed by atoms with Gasteiger partial charge >= 0.3 is 0 Å². The Morgan fingerprint density at radius 1 is 0.400 bits per heavy atom. The van der Waals surface area contributed by atoms with Gasteiger partial charge in [-0.2, -0.15) is 0 Å². The molecule has 2 heteroatoms. The molecule has 0 amide bonds. The number of nitrogens with zero attached hydrogens (tertiary/aromatic N) is 2. The summed E-state index contributed by atoms with van der Waals surface area (Å²) < 4.78 is 4.80. The van der Waals surface area contributed by atoms with E-state index in [2.05, 4.69) is 197 Å². The zero-order valence-electron chi connectivity index (χ0n) is 27.6. The first-order valence-electron chi connectivity index (χ1n) is 17.5. The van der Waals surface area contributed by atoms with Gasteiger partial charge in [0.15, 0.2) is 0 Å². The van der Waals surface area contributed by atoms with Crippen molar-refractivity contribution < 1.29 is 0 Å². The molecule has 1 aliphatic carbocycles. The molecule has 10 rings (SSSR count). The number of rotatable bonds is 5. The Morgan fingerprint density at radius 3 is 1.62 bits per heavy atom.